The number of nitrogens with zero attached hydrogens (tertiary/aromatic N) is 2. The summed E-state index contributed by atoms with van der Waals surface area (Å²) in [4.78, 5) is 29.9. The van der Waals surface area contributed by atoms with Gasteiger partial charge >= 0.3 is 0 Å². The Hall–Kier alpha value is -3.65. The maximum Gasteiger partial charge on any atom is 0.290 e. The minimum atomic E-state index is -0.858. The molecular formula is C25H25FN2O5. The molecule has 0 fully saturated rings. The Morgan fingerprint density at radius 1 is 1.21 bits per heavy atom. The number of fused-ring (bicyclic) bond motifs is 1. The van der Waals surface area contributed by atoms with Crippen LogP contribution in [0.25, 0.3) is 11.0 Å². The average Bonchev–Trinajstić information content (AvgIpc) is 3.34. The van der Waals surface area contributed by atoms with E-state index in [0.29, 0.717) is 41.8 Å². The maximum atomic E-state index is 13.6. The van der Waals surface area contributed by atoms with Gasteiger partial charge in [-0.2, -0.15) is 0 Å². The molecule has 0 spiro atoms. The maximum absolute atomic E-state index is 13.6. The molecule has 0 radical (unpaired) electrons. The van der Waals surface area contributed by atoms with Crippen molar-refractivity contribution in [2.24, 2.45) is 0 Å². The van der Waals surface area contributed by atoms with Crippen LogP contribution in [0.3, 0.4) is 0 Å². The fourth-order valence-electron chi connectivity index (χ4n) is 4.11. The molecule has 1 N–H and O–H groups in total. The first-order valence-electron chi connectivity index (χ1n) is 10.6. The highest BCUT2D eigenvalue weighted by Crippen LogP contribution is 2.40. The molecule has 1 atom stereocenters. The van der Waals surface area contributed by atoms with E-state index in [1.165, 1.54) is 36.3 Å². The molecule has 172 valence electrons. The van der Waals surface area contributed by atoms with Gasteiger partial charge in [-0.05, 0) is 56.9 Å². The van der Waals surface area contributed by atoms with Gasteiger partial charge in [0.2, 0.25) is 5.78 Å². The highest BCUT2D eigenvalue weighted by Gasteiger charge is 2.44. The standard InChI is InChI=1S/C25H25FN2O5/c1-27(2)12-5-13-28-21(15-8-10-17(26)11-9-15)20(23(30)25(28)31)22(29)19-14-16-6-4-7-18(32-3)24(16)33-19/h4,6-11,14,21,30H,5,12-13H2,1-3H3/t21-/m1/s1. The van der Waals surface area contributed by atoms with E-state index in [0.717, 1.165) is 0 Å². The van der Waals surface area contributed by atoms with Gasteiger partial charge in [0.25, 0.3) is 5.91 Å². The van der Waals surface area contributed by atoms with Crippen LogP contribution in [0.2, 0.25) is 0 Å². The van der Waals surface area contributed by atoms with Crippen molar-refractivity contribution in [1.29, 1.82) is 0 Å². The van der Waals surface area contributed by atoms with Gasteiger partial charge in [-0.25, -0.2) is 4.39 Å². The van der Waals surface area contributed by atoms with Crippen LogP contribution >= 0.6 is 0 Å². The number of ether oxygens (including phenoxy) is 1. The number of furan rings is 1. The molecule has 1 aromatic heterocycles. The van der Waals surface area contributed by atoms with Crippen LogP contribution in [0.4, 0.5) is 4.39 Å². The zero-order valence-corrected chi connectivity index (χ0v) is 18.7. The lowest BCUT2D eigenvalue weighted by atomic mass is 9.95. The van der Waals surface area contributed by atoms with Crippen LogP contribution in [0, 0.1) is 5.82 Å². The van der Waals surface area contributed by atoms with Crippen molar-refractivity contribution in [1.82, 2.24) is 9.80 Å². The molecule has 2 aromatic carbocycles. The highest BCUT2D eigenvalue weighted by atomic mass is 19.1. The Labute approximate surface area is 190 Å². The van der Waals surface area contributed by atoms with Crippen LogP contribution in [0.1, 0.15) is 28.6 Å². The van der Waals surface area contributed by atoms with Gasteiger partial charge in [-0.1, -0.05) is 24.3 Å². The van der Waals surface area contributed by atoms with Crippen molar-refractivity contribution in [2.45, 2.75) is 12.5 Å². The van der Waals surface area contributed by atoms with E-state index in [2.05, 4.69) is 0 Å². The molecule has 8 heteroatoms. The van der Waals surface area contributed by atoms with Gasteiger partial charge in [0.05, 0.1) is 18.7 Å². The Kier molecular flexibility index (Phi) is 6.20. The van der Waals surface area contributed by atoms with Crippen molar-refractivity contribution in [3.05, 3.63) is 77.0 Å². The first kappa shape index (κ1) is 22.5. The molecule has 1 aliphatic rings. The van der Waals surface area contributed by atoms with Crippen molar-refractivity contribution in [3.63, 3.8) is 0 Å². The second-order valence-corrected chi connectivity index (χ2v) is 8.19. The number of para-hydroxylation sites is 1. The van der Waals surface area contributed by atoms with E-state index in [1.54, 1.807) is 24.3 Å². The summed E-state index contributed by atoms with van der Waals surface area (Å²) in [6.07, 6.45) is 0.632. The molecule has 0 bridgehead atoms. The molecule has 4 rings (SSSR count). The Balaban J connectivity index is 1.76. The number of rotatable bonds is 8. The van der Waals surface area contributed by atoms with Crippen LogP contribution in [-0.4, -0.2) is 60.9 Å². The molecule has 0 aliphatic carbocycles. The smallest absolute Gasteiger partial charge is 0.290 e. The van der Waals surface area contributed by atoms with Crippen LogP contribution in [0.5, 0.6) is 5.75 Å². The number of benzene rings is 2. The molecule has 0 saturated carbocycles. The number of hydrogen-bond donors (Lipinski definition) is 1. The molecular weight excluding hydrogens is 427 g/mol. The van der Waals surface area contributed by atoms with Gasteiger partial charge in [0, 0.05) is 11.9 Å². The summed E-state index contributed by atoms with van der Waals surface area (Å²) in [5, 5.41) is 11.4. The predicted molar refractivity (Wildman–Crippen MR) is 121 cm³/mol. The third kappa shape index (κ3) is 4.21. The number of aliphatic hydroxyl groups excluding tert-OH is 1. The average molecular weight is 452 g/mol. The molecule has 3 aromatic rings. The molecule has 2 heterocycles. The molecule has 0 unspecified atom stereocenters. The topological polar surface area (TPSA) is 83.2 Å². The van der Waals surface area contributed by atoms with Crippen molar-refractivity contribution in [3.8, 4) is 5.75 Å². The summed E-state index contributed by atoms with van der Waals surface area (Å²) >= 11 is 0. The number of carbonyl (C=O) groups is 2. The normalized spacial score (nSPS) is 16.3. The summed E-state index contributed by atoms with van der Waals surface area (Å²) < 4.78 is 24.7. The van der Waals surface area contributed by atoms with E-state index in [1.807, 2.05) is 19.0 Å². The summed E-state index contributed by atoms with van der Waals surface area (Å²) in [6, 6.07) is 11.5. The SMILES string of the molecule is COc1cccc2cc(C(=O)C3=C(O)C(=O)N(CCCN(C)C)[C@@H]3c3ccc(F)cc3)oc12. The molecule has 0 saturated heterocycles. The lowest BCUT2D eigenvalue weighted by Gasteiger charge is -2.27. The zero-order valence-electron chi connectivity index (χ0n) is 18.7. The minimum Gasteiger partial charge on any atom is -0.503 e. The van der Waals surface area contributed by atoms with Crippen molar-refractivity contribution < 1.29 is 28.2 Å². The second-order valence-electron chi connectivity index (χ2n) is 8.19. The second kappa shape index (κ2) is 9.07. The quantitative estimate of drug-likeness (QED) is 0.518. The largest absolute Gasteiger partial charge is 0.503 e. The van der Waals surface area contributed by atoms with Crippen LogP contribution in [-0.2, 0) is 4.79 Å². The summed E-state index contributed by atoms with van der Waals surface area (Å²) in [5.41, 5.74) is 0.833. The van der Waals surface area contributed by atoms with Gasteiger partial charge in [-0.3, -0.25) is 9.59 Å². The fourth-order valence-corrected chi connectivity index (χ4v) is 4.11. The molecule has 1 aliphatic heterocycles. The Morgan fingerprint density at radius 3 is 2.61 bits per heavy atom. The van der Waals surface area contributed by atoms with Crippen molar-refractivity contribution >= 4 is 22.7 Å². The number of Topliss-reactive ketones (excluding diaryl/α,β-unsaturated/α-hetero) is 1. The summed E-state index contributed by atoms with van der Waals surface area (Å²) in [6.45, 7) is 1.03. The van der Waals surface area contributed by atoms with E-state index >= 15 is 0 Å². The number of carbonyl (C=O) groups excluding carboxylic acids is 2. The third-order valence-corrected chi connectivity index (χ3v) is 5.69. The Morgan fingerprint density at radius 2 is 1.94 bits per heavy atom. The third-order valence-electron chi connectivity index (χ3n) is 5.69. The molecule has 33 heavy (non-hydrogen) atoms. The first-order chi connectivity index (χ1) is 15.8. The van der Waals surface area contributed by atoms with E-state index in [9.17, 15) is 19.1 Å². The van der Waals surface area contributed by atoms with Crippen molar-refractivity contribution in [2.75, 3.05) is 34.3 Å². The van der Waals surface area contributed by atoms with E-state index in [-0.39, 0.29) is 11.3 Å². The number of aliphatic hydroxyl groups is 1. The van der Waals surface area contributed by atoms with E-state index in [4.69, 9.17) is 9.15 Å². The predicted octanol–water partition coefficient (Wildman–Crippen LogP) is 4.11. The molecule has 7 nitrogen and oxygen atoms in total. The number of hydrogen-bond acceptors (Lipinski definition) is 6. The van der Waals surface area contributed by atoms with Crippen LogP contribution in [0.15, 0.2) is 64.3 Å². The van der Waals surface area contributed by atoms with Crippen LogP contribution < -0.4 is 4.74 Å². The lowest BCUT2D eigenvalue weighted by molar-refractivity contribution is -0.129. The zero-order chi connectivity index (χ0) is 23.7. The van der Waals surface area contributed by atoms with Gasteiger partial charge in [0.1, 0.15) is 5.82 Å². The van der Waals surface area contributed by atoms with Gasteiger partial charge in [0.15, 0.2) is 22.9 Å². The number of amides is 1. The number of methoxy groups -OCH3 is 1. The van der Waals surface area contributed by atoms with Gasteiger partial charge < -0.3 is 24.1 Å². The summed E-state index contributed by atoms with van der Waals surface area (Å²) in [7, 11) is 5.34. The van der Waals surface area contributed by atoms with Gasteiger partial charge in [-0.15, -0.1) is 0 Å². The Bertz CT molecular complexity index is 1230. The minimum absolute atomic E-state index is 0.0221. The first-order valence-corrected chi connectivity index (χ1v) is 10.6. The van der Waals surface area contributed by atoms with E-state index < -0.39 is 29.3 Å². The lowest BCUT2D eigenvalue weighted by Crippen LogP contribution is -2.33. The number of ketones is 1. The highest BCUT2D eigenvalue weighted by molar-refractivity contribution is 6.16. The number of halogens is 1. The summed E-state index contributed by atoms with van der Waals surface area (Å²) in [5.74, 6) is -1.86. The fraction of sp³-hybridized carbons (Fsp3) is 0.280. The molecule has 1 amide bonds. The monoisotopic (exact) mass is 452 g/mol.